The van der Waals surface area contributed by atoms with E-state index in [1.165, 1.54) is 21.2 Å². The van der Waals surface area contributed by atoms with Crippen LogP contribution in [0.1, 0.15) is 16.7 Å². The van der Waals surface area contributed by atoms with Crippen LogP contribution in [0, 0.1) is 13.8 Å². The number of halogens is 1. The molecule has 0 aromatic heterocycles. The molecular weight excluding hydrogens is 214 g/mol. The second kappa shape index (κ2) is 4.06. The molecule has 1 aromatic rings. The molecule has 0 unspecified atom stereocenters. The van der Waals surface area contributed by atoms with Crippen molar-refractivity contribution in [2.45, 2.75) is 20.3 Å². The van der Waals surface area contributed by atoms with E-state index in [4.69, 9.17) is 5.73 Å². The Morgan fingerprint density at radius 1 is 1.33 bits per heavy atom. The molecule has 1 nitrogen and oxygen atoms in total. The van der Waals surface area contributed by atoms with Gasteiger partial charge in [0, 0.05) is 4.47 Å². The lowest BCUT2D eigenvalue weighted by atomic mass is 10.0. The smallest absolute Gasteiger partial charge is 0.0209 e. The quantitative estimate of drug-likeness (QED) is 0.827. The lowest BCUT2D eigenvalue weighted by Crippen LogP contribution is -2.04. The first-order valence-corrected chi connectivity index (χ1v) is 4.90. The summed E-state index contributed by atoms with van der Waals surface area (Å²) >= 11 is 3.53. The minimum atomic E-state index is 0.719. The molecular formula is C10H14BrN. The fourth-order valence-corrected chi connectivity index (χ4v) is 1.92. The zero-order valence-electron chi connectivity index (χ0n) is 7.52. The van der Waals surface area contributed by atoms with Gasteiger partial charge in [0.05, 0.1) is 0 Å². The van der Waals surface area contributed by atoms with E-state index in [2.05, 4.69) is 41.9 Å². The molecule has 0 spiro atoms. The number of benzene rings is 1. The predicted molar refractivity (Wildman–Crippen MR) is 56.4 cm³/mol. The SMILES string of the molecule is Cc1cc(Br)c(C)c(CCN)c1. The number of nitrogens with two attached hydrogens (primary N) is 1. The van der Waals surface area contributed by atoms with Crippen LogP contribution < -0.4 is 5.73 Å². The number of aryl methyl sites for hydroxylation is 1. The third-order valence-corrected chi connectivity index (χ3v) is 2.83. The van der Waals surface area contributed by atoms with Crippen molar-refractivity contribution in [1.82, 2.24) is 0 Å². The van der Waals surface area contributed by atoms with Gasteiger partial charge in [-0.25, -0.2) is 0 Å². The summed E-state index contributed by atoms with van der Waals surface area (Å²) < 4.78 is 1.19. The molecule has 1 aromatic carbocycles. The summed E-state index contributed by atoms with van der Waals surface area (Å²) in [5, 5.41) is 0. The van der Waals surface area contributed by atoms with E-state index in [1.54, 1.807) is 0 Å². The normalized spacial score (nSPS) is 10.3. The fraction of sp³-hybridized carbons (Fsp3) is 0.400. The molecule has 0 heterocycles. The van der Waals surface area contributed by atoms with Crippen molar-refractivity contribution >= 4 is 15.9 Å². The highest BCUT2D eigenvalue weighted by atomic mass is 79.9. The van der Waals surface area contributed by atoms with E-state index in [9.17, 15) is 0 Å². The molecule has 0 aliphatic heterocycles. The van der Waals surface area contributed by atoms with Crippen molar-refractivity contribution in [3.63, 3.8) is 0 Å². The largest absolute Gasteiger partial charge is 0.330 e. The summed E-state index contributed by atoms with van der Waals surface area (Å²) in [4.78, 5) is 0. The van der Waals surface area contributed by atoms with Crippen LogP contribution >= 0.6 is 15.9 Å². The van der Waals surface area contributed by atoms with Crippen LogP contribution in [0.5, 0.6) is 0 Å². The Hall–Kier alpha value is -0.340. The fourth-order valence-electron chi connectivity index (χ4n) is 1.30. The Morgan fingerprint density at radius 2 is 2.00 bits per heavy atom. The summed E-state index contributed by atoms with van der Waals surface area (Å²) in [5.74, 6) is 0. The molecule has 0 radical (unpaired) electrons. The molecule has 66 valence electrons. The Balaban J connectivity index is 3.09. The Bertz CT molecular complexity index is 281. The van der Waals surface area contributed by atoms with E-state index in [-0.39, 0.29) is 0 Å². The molecule has 0 aliphatic rings. The topological polar surface area (TPSA) is 26.0 Å². The Kier molecular flexibility index (Phi) is 3.29. The maximum Gasteiger partial charge on any atom is 0.0209 e. The van der Waals surface area contributed by atoms with Gasteiger partial charge in [-0.15, -0.1) is 0 Å². The molecule has 0 saturated heterocycles. The lowest BCUT2D eigenvalue weighted by molar-refractivity contribution is 0.953. The van der Waals surface area contributed by atoms with Crippen molar-refractivity contribution < 1.29 is 0 Å². The molecule has 0 amide bonds. The predicted octanol–water partition coefficient (Wildman–Crippen LogP) is 2.57. The van der Waals surface area contributed by atoms with Crippen LogP contribution in [0.3, 0.4) is 0 Å². The first-order chi connectivity index (χ1) is 5.65. The van der Waals surface area contributed by atoms with Gasteiger partial charge in [-0.3, -0.25) is 0 Å². The van der Waals surface area contributed by atoms with Gasteiger partial charge in [0.15, 0.2) is 0 Å². The van der Waals surface area contributed by atoms with Crippen molar-refractivity contribution in [2.24, 2.45) is 5.73 Å². The summed E-state index contributed by atoms with van der Waals surface area (Å²) in [5.41, 5.74) is 9.46. The average molecular weight is 228 g/mol. The zero-order chi connectivity index (χ0) is 9.14. The monoisotopic (exact) mass is 227 g/mol. The number of hydrogen-bond acceptors (Lipinski definition) is 1. The zero-order valence-corrected chi connectivity index (χ0v) is 9.11. The molecule has 0 saturated carbocycles. The van der Waals surface area contributed by atoms with E-state index >= 15 is 0 Å². The molecule has 0 fully saturated rings. The second-order valence-electron chi connectivity index (χ2n) is 3.07. The van der Waals surface area contributed by atoms with E-state index in [0.29, 0.717) is 0 Å². The van der Waals surface area contributed by atoms with Gasteiger partial charge in [0.25, 0.3) is 0 Å². The summed E-state index contributed by atoms with van der Waals surface area (Å²) in [6.07, 6.45) is 0.964. The third kappa shape index (κ3) is 2.08. The minimum absolute atomic E-state index is 0.719. The van der Waals surface area contributed by atoms with Crippen LogP contribution in [0.4, 0.5) is 0 Å². The van der Waals surface area contributed by atoms with E-state index in [1.807, 2.05) is 0 Å². The maximum atomic E-state index is 5.51. The van der Waals surface area contributed by atoms with Gasteiger partial charge in [-0.1, -0.05) is 22.0 Å². The van der Waals surface area contributed by atoms with Gasteiger partial charge in [-0.2, -0.15) is 0 Å². The highest BCUT2D eigenvalue weighted by molar-refractivity contribution is 9.10. The van der Waals surface area contributed by atoms with Gasteiger partial charge in [0.1, 0.15) is 0 Å². The van der Waals surface area contributed by atoms with Crippen LogP contribution in [0.2, 0.25) is 0 Å². The molecule has 2 heteroatoms. The van der Waals surface area contributed by atoms with Gasteiger partial charge < -0.3 is 5.73 Å². The van der Waals surface area contributed by atoms with Gasteiger partial charge in [-0.05, 0) is 49.6 Å². The molecule has 1 rings (SSSR count). The van der Waals surface area contributed by atoms with Crippen LogP contribution in [0.15, 0.2) is 16.6 Å². The molecule has 0 aliphatic carbocycles. The van der Waals surface area contributed by atoms with Gasteiger partial charge >= 0.3 is 0 Å². The summed E-state index contributed by atoms with van der Waals surface area (Å²) in [7, 11) is 0. The highest BCUT2D eigenvalue weighted by Crippen LogP contribution is 2.21. The summed E-state index contributed by atoms with van der Waals surface area (Å²) in [6.45, 7) is 4.94. The van der Waals surface area contributed by atoms with Crippen LogP contribution in [0.25, 0.3) is 0 Å². The Morgan fingerprint density at radius 3 is 2.58 bits per heavy atom. The van der Waals surface area contributed by atoms with Crippen molar-refractivity contribution in [3.05, 3.63) is 33.3 Å². The third-order valence-electron chi connectivity index (χ3n) is 2.01. The number of hydrogen-bond donors (Lipinski definition) is 1. The Labute approximate surface area is 82.1 Å². The van der Waals surface area contributed by atoms with E-state index in [0.717, 1.165) is 13.0 Å². The molecule has 2 N–H and O–H groups in total. The summed E-state index contributed by atoms with van der Waals surface area (Å²) in [6, 6.07) is 4.34. The number of rotatable bonds is 2. The minimum Gasteiger partial charge on any atom is -0.330 e. The molecule has 0 atom stereocenters. The highest BCUT2D eigenvalue weighted by Gasteiger charge is 2.02. The second-order valence-corrected chi connectivity index (χ2v) is 3.92. The van der Waals surface area contributed by atoms with Crippen molar-refractivity contribution in [1.29, 1.82) is 0 Å². The molecule has 0 bridgehead atoms. The van der Waals surface area contributed by atoms with Crippen molar-refractivity contribution in [3.8, 4) is 0 Å². The van der Waals surface area contributed by atoms with E-state index < -0.39 is 0 Å². The van der Waals surface area contributed by atoms with Crippen molar-refractivity contribution in [2.75, 3.05) is 6.54 Å². The first-order valence-electron chi connectivity index (χ1n) is 4.11. The van der Waals surface area contributed by atoms with Crippen LogP contribution in [-0.4, -0.2) is 6.54 Å². The lowest BCUT2D eigenvalue weighted by Gasteiger charge is -2.07. The average Bonchev–Trinajstić information content (AvgIpc) is 2.00. The van der Waals surface area contributed by atoms with Gasteiger partial charge in [0.2, 0.25) is 0 Å². The first kappa shape index (κ1) is 9.75. The maximum absolute atomic E-state index is 5.51. The van der Waals surface area contributed by atoms with Crippen LogP contribution in [-0.2, 0) is 6.42 Å². The standard InChI is InChI=1S/C10H14BrN/c1-7-5-9(3-4-12)8(2)10(11)6-7/h5-6H,3-4,12H2,1-2H3. The molecule has 12 heavy (non-hydrogen) atoms.